The van der Waals surface area contributed by atoms with Gasteiger partial charge in [-0.3, -0.25) is 38.6 Å². The normalized spacial score (nSPS) is 12.4. The van der Waals surface area contributed by atoms with Crippen LogP contribution in [0.15, 0.2) is 109 Å². The highest BCUT2D eigenvalue weighted by molar-refractivity contribution is 6.41. The molecule has 7 aromatic rings. The van der Waals surface area contributed by atoms with Crippen molar-refractivity contribution < 1.29 is 31.6 Å². The van der Waals surface area contributed by atoms with Crippen molar-refractivity contribution in [2.75, 3.05) is 26.2 Å². The second-order valence-corrected chi connectivity index (χ2v) is 14.4. The lowest BCUT2D eigenvalue weighted by Crippen LogP contribution is -2.40. The van der Waals surface area contributed by atoms with E-state index in [4.69, 9.17) is 0 Å². The standard InChI is InChI=1S/C28H18N2O4.C14H14.C7H14N2O2.2C2H6.2H2/c1-3-29-25(31)17-9-5-13-15-7-11-19-24-20(28(34)30(4-2)27(19)33)12-8-16(22(15)24)14-6-10-18(26(29)32)23(17)21(13)14;1-3-7-13(8-4-1)11-12-14-9-5-2-6-10-14;1-3-8-6(10)5-7(11)9-4-2;2*1-2;;/h5-12H,3-4H2,1-2H3;1-10H,11-12H2;3-5H2,1-2H3,(H,8,10)(H,9,11);2*1-2H3;2*1H. The van der Waals surface area contributed by atoms with E-state index in [2.05, 4.69) is 71.3 Å². The fraction of sp³-hybridized carbons (Fsp3) is 0.283. The van der Waals surface area contributed by atoms with Crippen molar-refractivity contribution in [3.63, 3.8) is 0 Å². The van der Waals surface area contributed by atoms with Gasteiger partial charge in [0.2, 0.25) is 11.8 Å². The second-order valence-electron chi connectivity index (χ2n) is 14.4. The molecule has 330 valence electrons. The minimum Gasteiger partial charge on any atom is -0.356 e. The summed E-state index contributed by atoms with van der Waals surface area (Å²) in [5.74, 6) is -1.57. The molecule has 10 nitrogen and oxygen atoms in total. The van der Waals surface area contributed by atoms with Crippen molar-refractivity contribution in [2.24, 2.45) is 0 Å². The Kier molecular flexibility index (Phi) is 16.2. The van der Waals surface area contributed by atoms with E-state index < -0.39 is 0 Å². The van der Waals surface area contributed by atoms with E-state index in [1.807, 2.05) is 65.8 Å². The Hall–Kier alpha value is -6.94. The van der Waals surface area contributed by atoms with Gasteiger partial charge in [-0.25, -0.2) is 0 Å². The number of fused-ring (bicyclic) bond motifs is 2. The Morgan fingerprint density at radius 3 is 0.968 bits per heavy atom. The van der Waals surface area contributed by atoms with E-state index in [1.165, 1.54) is 20.9 Å². The number of hydrogen-bond donors (Lipinski definition) is 2. The molecule has 0 atom stereocenters. The number of nitrogens with one attached hydrogen (secondary N) is 2. The topological polar surface area (TPSA) is 133 Å². The van der Waals surface area contributed by atoms with Gasteiger partial charge in [0, 0.05) is 62.1 Å². The number of carbonyl (C=O) groups is 6. The van der Waals surface area contributed by atoms with Gasteiger partial charge in [-0.05, 0) is 108 Å². The van der Waals surface area contributed by atoms with Crippen LogP contribution in [0.4, 0.5) is 0 Å². The molecule has 0 fully saturated rings. The van der Waals surface area contributed by atoms with Crippen molar-refractivity contribution in [3.8, 4) is 0 Å². The Morgan fingerprint density at radius 2 is 0.714 bits per heavy atom. The first-order valence-corrected chi connectivity index (χ1v) is 22.2. The summed E-state index contributed by atoms with van der Waals surface area (Å²) < 4.78 is 0. The van der Waals surface area contributed by atoms with Crippen LogP contribution in [0.25, 0.3) is 43.1 Å². The van der Waals surface area contributed by atoms with Gasteiger partial charge in [0.05, 0.1) is 0 Å². The van der Waals surface area contributed by atoms with Crippen LogP contribution in [0.2, 0.25) is 0 Å². The molecule has 0 radical (unpaired) electrons. The van der Waals surface area contributed by atoms with Crippen LogP contribution in [-0.2, 0) is 22.4 Å². The fourth-order valence-electron chi connectivity index (χ4n) is 8.19. The van der Waals surface area contributed by atoms with Crippen LogP contribution in [-0.4, -0.2) is 71.4 Å². The average molecular weight is 851 g/mol. The maximum atomic E-state index is 13.1. The minimum absolute atomic E-state index is 0. The molecular weight excluding hydrogens is 789 g/mol. The average Bonchev–Trinajstić information content (AvgIpc) is 3.31. The first-order chi connectivity index (χ1) is 30.6. The van der Waals surface area contributed by atoms with E-state index in [0.717, 1.165) is 45.2 Å². The summed E-state index contributed by atoms with van der Waals surface area (Å²) in [6.45, 7) is 17.0. The minimum atomic E-state index is -0.282. The summed E-state index contributed by atoms with van der Waals surface area (Å²) in [4.78, 5) is 76.5. The number of nitrogens with zero attached hydrogens (tertiary/aromatic N) is 2. The largest absolute Gasteiger partial charge is 0.356 e. The quantitative estimate of drug-likeness (QED) is 0.0643. The highest BCUT2D eigenvalue weighted by atomic mass is 16.2. The molecule has 2 aliphatic rings. The van der Waals surface area contributed by atoms with Crippen LogP contribution in [0.5, 0.6) is 0 Å². The van der Waals surface area contributed by atoms with Crippen molar-refractivity contribution in [2.45, 2.75) is 74.7 Å². The van der Waals surface area contributed by atoms with Gasteiger partial charge >= 0.3 is 0 Å². The SMILES string of the molecule is CC.CC.CCN1C(=O)c2ccc3c4ccc5c6c(ccc(c7ccc(c2c37)C1=O)c64)C(=O)N(CC)C5=O.CCNC(=O)CC(=O)NCC.[HH].[HH].c1ccc(CCc2ccccc2)cc1. The van der Waals surface area contributed by atoms with Crippen molar-refractivity contribution >= 4 is 78.5 Å². The van der Waals surface area contributed by atoms with E-state index in [-0.39, 0.29) is 44.7 Å². The number of imide groups is 2. The zero-order valence-electron chi connectivity index (χ0n) is 37.7. The molecule has 2 heterocycles. The zero-order valence-corrected chi connectivity index (χ0v) is 37.7. The lowest BCUT2D eigenvalue weighted by Gasteiger charge is -2.29. The number of amides is 6. The highest BCUT2D eigenvalue weighted by Gasteiger charge is 2.36. The Bertz CT molecular complexity index is 2470. The number of rotatable bonds is 9. The summed E-state index contributed by atoms with van der Waals surface area (Å²) in [6.07, 6.45) is 2.19. The van der Waals surface area contributed by atoms with E-state index in [9.17, 15) is 28.8 Å². The van der Waals surface area contributed by atoms with Crippen molar-refractivity contribution in [3.05, 3.63) is 143 Å². The molecule has 7 aromatic carbocycles. The molecule has 9 rings (SSSR count). The molecule has 0 saturated heterocycles. The summed E-state index contributed by atoms with van der Waals surface area (Å²) in [5, 5.41) is 11.8. The molecular formula is C53H62N4O6. The van der Waals surface area contributed by atoms with Crippen LogP contribution in [0, 0.1) is 0 Å². The van der Waals surface area contributed by atoms with Crippen LogP contribution >= 0.6 is 0 Å². The molecule has 0 aliphatic carbocycles. The van der Waals surface area contributed by atoms with Crippen molar-refractivity contribution in [1.82, 2.24) is 20.4 Å². The molecule has 0 aromatic heterocycles. The Balaban J connectivity index is 0.000000302. The highest BCUT2D eigenvalue weighted by Crippen LogP contribution is 2.46. The van der Waals surface area contributed by atoms with Crippen LogP contribution in [0.1, 0.15) is 117 Å². The third-order valence-corrected chi connectivity index (χ3v) is 10.9. The third kappa shape index (κ3) is 9.45. The molecule has 0 saturated carbocycles. The predicted molar refractivity (Wildman–Crippen MR) is 259 cm³/mol. The van der Waals surface area contributed by atoms with E-state index in [0.29, 0.717) is 59.2 Å². The monoisotopic (exact) mass is 850 g/mol. The van der Waals surface area contributed by atoms with E-state index in [1.54, 1.807) is 38.1 Å². The molecule has 0 unspecified atom stereocenters. The van der Waals surface area contributed by atoms with Gasteiger partial charge in [-0.2, -0.15) is 0 Å². The van der Waals surface area contributed by atoms with Crippen LogP contribution < -0.4 is 10.6 Å². The van der Waals surface area contributed by atoms with Crippen LogP contribution in [0.3, 0.4) is 0 Å². The summed E-state index contributed by atoms with van der Waals surface area (Å²) >= 11 is 0. The van der Waals surface area contributed by atoms with Gasteiger partial charge in [0.15, 0.2) is 0 Å². The molecule has 6 amide bonds. The van der Waals surface area contributed by atoms with E-state index >= 15 is 0 Å². The lowest BCUT2D eigenvalue weighted by molar-refractivity contribution is -0.129. The fourth-order valence-corrected chi connectivity index (χ4v) is 8.19. The number of aryl methyl sites for hydroxylation is 2. The summed E-state index contributed by atoms with van der Waals surface area (Å²) in [7, 11) is 0. The number of carbonyl (C=O) groups excluding carboxylic acids is 6. The maximum Gasteiger partial charge on any atom is 0.261 e. The number of hydrogen-bond acceptors (Lipinski definition) is 6. The van der Waals surface area contributed by atoms with Gasteiger partial charge in [0.25, 0.3) is 23.6 Å². The molecule has 2 N–H and O–H groups in total. The molecule has 63 heavy (non-hydrogen) atoms. The summed E-state index contributed by atoms with van der Waals surface area (Å²) in [5.41, 5.74) is 4.92. The Labute approximate surface area is 372 Å². The maximum absolute atomic E-state index is 13.1. The second kappa shape index (κ2) is 21.7. The first-order valence-electron chi connectivity index (χ1n) is 22.2. The van der Waals surface area contributed by atoms with Gasteiger partial charge in [-0.1, -0.05) is 113 Å². The molecule has 0 spiro atoms. The summed E-state index contributed by atoms with van der Waals surface area (Å²) in [6, 6.07) is 36.1. The molecule has 2 aliphatic heterocycles. The third-order valence-electron chi connectivity index (χ3n) is 10.9. The lowest BCUT2D eigenvalue weighted by atomic mass is 9.82. The first kappa shape index (κ1) is 47.1. The van der Waals surface area contributed by atoms with Crippen molar-refractivity contribution in [1.29, 1.82) is 0 Å². The number of benzene rings is 7. The Morgan fingerprint density at radius 1 is 0.429 bits per heavy atom. The predicted octanol–water partition coefficient (Wildman–Crippen LogP) is 10.6. The van der Waals surface area contributed by atoms with Gasteiger partial charge in [0.1, 0.15) is 6.42 Å². The smallest absolute Gasteiger partial charge is 0.261 e. The molecule has 0 bridgehead atoms. The van der Waals surface area contributed by atoms with Gasteiger partial charge in [-0.15, -0.1) is 0 Å². The van der Waals surface area contributed by atoms with Gasteiger partial charge < -0.3 is 10.6 Å². The molecule has 10 heteroatoms. The zero-order chi connectivity index (χ0) is 45.8.